The molecule has 1 heterocycles. The highest BCUT2D eigenvalue weighted by molar-refractivity contribution is 4.80. The fourth-order valence-corrected chi connectivity index (χ4v) is 1.02. The van der Waals surface area contributed by atoms with Crippen LogP contribution >= 0.6 is 0 Å². The molecule has 0 amide bonds. The van der Waals surface area contributed by atoms with Gasteiger partial charge < -0.3 is 9.84 Å². The monoisotopic (exact) mass is 132 g/mol. The number of rotatable bonds is 1. The molecule has 3 N–H and O–H groups in total. The van der Waals surface area contributed by atoms with Gasteiger partial charge in [-0.2, -0.15) is 0 Å². The number of aliphatic hydroxyl groups excluding tert-OH is 1. The molecule has 4 heteroatoms. The molecule has 1 aliphatic heterocycles. The second-order valence-electron chi connectivity index (χ2n) is 2.30. The number of methoxy groups -OCH3 is 1. The molecule has 1 rings (SSSR count). The Labute approximate surface area is 54.2 Å². The molecule has 4 nitrogen and oxygen atoms in total. The first kappa shape index (κ1) is 6.95. The molecule has 0 bridgehead atoms. The van der Waals surface area contributed by atoms with Crippen molar-refractivity contribution < 1.29 is 9.84 Å². The van der Waals surface area contributed by atoms with Gasteiger partial charge in [0.15, 0.2) is 0 Å². The van der Waals surface area contributed by atoms with E-state index >= 15 is 0 Å². The van der Waals surface area contributed by atoms with Crippen molar-refractivity contribution in [3.8, 4) is 0 Å². The minimum Gasteiger partial charge on any atom is -0.389 e. The predicted molar refractivity (Wildman–Crippen MR) is 32.6 cm³/mol. The first-order chi connectivity index (χ1) is 4.24. The number of hydrazine groups is 1. The summed E-state index contributed by atoms with van der Waals surface area (Å²) in [4.78, 5) is 0. The van der Waals surface area contributed by atoms with Crippen LogP contribution in [0.3, 0.4) is 0 Å². The number of β-amino-alcohol motifs (C(OH)–C–C–N with tert-alkyl or cyclic N) is 1. The van der Waals surface area contributed by atoms with E-state index < -0.39 is 6.10 Å². The van der Waals surface area contributed by atoms with Gasteiger partial charge in [0.1, 0.15) is 0 Å². The molecule has 1 fully saturated rings. The minimum atomic E-state index is -0.417. The number of ether oxygens (including phenoxy) is 1. The van der Waals surface area contributed by atoms with Gasteiger partial charge in [-0.05, 0) is 0 Å². The third-order valence-corrected chi connectivity index (χ3v) is 1.57. The second-order valence-corrected chi connectivity index (χ2v) is 2.30. The average molecular weight is 132 g/mol. The summed E-state index contributed by atoms with van der Waals surface area (Å²) < 4.78 is 4.92. The SMILES string of the molecule is CO[C@@H]1CN(N)C[C@@H]1O. The van der Waals surface area contributed by atoms with Crippen molar-refractivity contribution in [1.29, 1.82) is 0 Å². The van der Waals surface area contributed by atoms with Gasteiger partial charge in [-0.15, -0.1) is 0 Å². The summed E-state index contributed by atoms with van der Waals surface area (Å²) in [6.45, 7) is 1.14. The molecule has 54 valence electrons. The van der Waals surface area contributed by atoms with E-state index in [1.807, 2.05) is 0 Å². The van der Waals surface area contributed by atoms with Crippen LogP contribution in [0.15, 0.2) is 0 Å². The van der Waals surface area contributed by atoms with Crippen molar-refractivity contribution in [3.05, 3.63) is 0 Å². The van der Waals surface area contributed by atoms with Crippen LogP contribution in [-0.4, -0.2) is 42.5 Å². The molecule has 0 aromatic carbocycles. The molecule has 0 unspecified atom stereocenters. The number of aliphatic hydroxyl groups is 1. The number of nitrogens with zero attached hydrogens (tertiary/aromatic N) is 1. The maximum absolute atomic E-state index is 9.11. The highest BCUT2D eigenvalue weighted by atomic mass is 16.5. The third-order valence-electron chi connectivity index (χ3n) is 1.57. The van der Waals surface area contributed by atoms with Crippen LogP contribution < -0.4 is 5.84 Å². The Hall–Kier alpha value is -0.160. The summed E-state index contributed by atoms with van der Waals surface area (Å²) >= 11 is 0. The Morgan fingerprint density at radius 2 is 2.33 bits per heavy atom. The number of nitrogens with two attached hydrogens (primary N) is 1. The Bertz CT molecular complexity index is 99.0. The molecule has 1 saturated heterocycles. The van der Waals surface area contributed by atoms with E-state index in [1.165, 1.54) is 0 Å². The molecule has 0 aromatic rings. The van der Waals surface area contributed by atoms with Gasteiger partial charge in [0.2, 0.25) is 0 Å². The number of hydrogen-bond donors (Lipinski definition) is 2. The summed E-state index contributed by atoms with van der Waals surface area (Å²) in [6, 6.07) is 0. The van der Waals surface area contributed by atoms with E-state index in [9.17, 15) is 0 Å². The zero-order chi connectivity index (χ0) is 6.85. The van der Waals surface area contributed by atoms with Crippen LogP contribution in [0.5, 0.6) is 0 Å². The van der Waals surface area contributed by atoms with Gasteiger partial charge in [-0.1, -0.05) is 0 Å². The summed E-state index contributed by atoms with van der Waals surface area (Å²) in [5.74, 6) is 5.38. The largest absolute Gasteiger partial charge is 0.389 e. The zero-order valence-electron chi connectivity index (χ0n) is 5.45. The van der Waals surface area contributed by atoms with E-state index in [4.69, 9.17) is 15.7 Å². The summed E-state index contributed by atoms with van der Waals surface area (Å²) in [7, 11) is 1.58. The standard InChI is InChI=1S/C5H12N2O2/c1-9-5-3-7(6)2-4(5)8/h4-5,8H,2-3,6H2,1H3/t4-,5+/m0/s1. The van der Waals surface area contributed by atoms with Crippen LogP contribution in [0.2, 0.25) is 0 Å². The topological polar surface area (TPSA) is 58.7 Å². The predicted octanol–water partition coefficient (Wildman–Crippen LogP) is -1.45. The molecule has 0 aliphatic carbocycles. The van der Waals surface area contributed by atoms with Gasteiger partial charge in [0.05, 0.1) is 12.2 Å². The van der Waals surface area contributed by atoms with Gasteiger partial charge in [0, 0.05) is 20.2 Å². The van der Waals surface area contributed by atoms with Gasteiger partial charge >= 0.3 is 0 Å². The van der Waals surface area contributed by atoms with Crippen LogP contribution in [0.1, 0.15) is 0 Å². The van der Waals surface area contributed by atoms with Gasteiger partial charge in [-0.25, -0.2) is 5.01 Å². The minimum absolute atomic E-state index is 0.102. The van der Waals surface area contributed by atoms with Crippen LogP contribution in [-0.2, 0) is 4.74 Å². The highest BCUT2D eigenvalue weighted by Crippen LogP contribution is 2.07. The quantitative estimate of drug-likeness (QED) is 0.429. The van der Waals surface area contributed by atoms with E-state index in [0.717, 1.165) is 0 Å². The molecular weight excluding hydrogens is 120 g/mol. The van der Waals surface area contributed by atoms with Crippen molar-refractivity contribution >= 4 is 0 Å². The first-order valence-electron chi connectivity index (χ1n) is 2.94. The average Bonchev–Trinajstić information content (AvgIpc) is 2.10. The molecule has 2 atom stereocenters. The Balaban J connectivity index is 2.38. The number of hydrogen-bond acceptors (Lipinski definition) is 4. The summed E-state index contributed by atoms with van der Waals surface area (Å²) in [6.07, 6.45) is -0.519. The van der Waals surface area contributed by atoms with Crippen LogP contribution in [0, 0.1) is 0 Å². The molecule has 9 heavy (non-hydrogen) atoms. The Morgan fingerprint density at radius 1 is 1.67 bits per heavy atom. The van der Waals surface area contributed by atoms with Crippen molar-refractivity contribution in [2.24, 2.45) is 5.84 Å². The molecule has 0 aromatic heterocycles. The molecule has 0 spiro atoms. The second kappa shape index (κ2) is 2.62. The van der Waals surface area contributed by atoms with Crippen molar-refractivity contribution in [1.82, 2.24) is 5.01 Å². The third kappa shape index (κ3) is 1.40. The molecule has 0 radical (unpaired) electrons. The first-order valence-corrected chi connectivity index (χ1v) is 2.94. The van der Waals surface area contributed by atoms with Crippen LogP contribution in [0.4, 0.5) is 0 Å². The molecule has 1 aliphatic rings. The van der Waals surface area contributed by atoms with E-state index in [1.54, 1.807) is 12.1 Å². The zero-order valence-corrected chi connectivity index (χ0v) is 5.45. The van der Waals surface area contributed by atoms with Crippen molar-refractivity contribution in [2.45, 2.75) is 12.2 Å². The van der Waals surface area contributed by atoms with Gasteiger partial charge in [0.25, 0.3) is 0 Å². The lowest BCUT2D eigenvalue weighted by molar-refractivity contribution is 0.0215. The van der Waals surface area contributed by atoms with Crippen molar-refractivity contribution in [2.75, 3.05) is 20.2 Å². The molecule has 0 saturated carbocycles. The maximum atomic E-state index is 9.11. The Morgan fingerprint density at radius 3 is 2.56 bits per heavy atom. The lowest BCUT2D eigenvalue weighted by Crippen LogP contribution is -2.29. The fraction of sp³-hybridized carbons (Fsp3) is 1.00. The van der Waals surface area contributed by atoms with Gasteiger partial charge in [-0.3, -0.25) is 5.84 Å². The summed E-state index contributed by atoms with van der Waals surface area (Å²) in [5, 5.41) is 10.7. The highest BCUT2D eigenvalue weighted by Gasteiger charge is 2.28. The van der Waals surface area contributed by atoms with E-state index in [0.29, 0.717) is 13.1 Å². The van der Waals surface area contributed by atoms with Crippen LogP contribution in [0.25, 0.3) is 0 Å². The smallest absolute Gasteiger partial charge is 0.0983 e. The van der Waals surface area contributed by atoms with E-state index in [-0.39, 0.29) is 6.10 Å². The maximum Gasteiger partial charge on any atom is 0.0983 e. The summed E-state index contributed by atoms with van der Waals surface area (Å²) in [5.41, 5.74) is 0. The Kier molecular flexibility index (Phi) is 2.02. The fourth-order valence-electron chi connectivity index (χ4n) is 1.02. The van der Waals surface area contributed by atoms with E-state index in [2.05, 4.69) is 0 Å². The lowest BCUT2D eigenvalue weighted by Gasteiger charge is -2.09. The lowest BCUT2D eigenvalue weighted by atomic mass is 10.3. The molecular formula is C5H12N2O2. The normalized spacial score (nSPS) is 37.7. The van der Waals surface area contributed by atoms with Crippen molar-refractivity contribution in [3.63, 3.8) is 0 Å².